The minimum atomic E-state index is -4.11. The molecule has 0 radical (unpaired) electrons. The molecule has 0 saturated carbocycles. The van der Waals surface area contributed by atoms with Crippen LogP contribution in [0.4, 0.5) is 10.5 Å². The highest BCUT2D eigenvalue weighted by Gasteiger charge is 2.26. The third kappa shape index (κ3) is 9.23. The molecule has 0 saturated heterocycles. The maximum Gasteiger partial charge on any atom is 0.407 e. The number of carbonyl (C=O) groups excluding carboxylic acids is 2. The second-order valence-electron chi connectivity index (χ2n) is 11.4. The normalized spacial score (nSPS) is 13.6. The number of benzene rings is 3. The van der Waals surface area contributed by atoms with Gasteiger partial charge in [0.2, 0.25) is 15.9 Å². The number of nitrogens with one attached hydrogen (secondary N) is 3. The molecule has 3 aromatic carbocycles. The topological polar surface area (TPSA) is 185 Å². The number of fused-ring (bicyclic) bond motifs is 1. The predicted molar refractivity (Wildman–Crippen MR) is 174 cm³/mol. The van der Waals surface area contributed by atoms with Crippen molar-refractivity contribution in [2.24, 2.45) is 16.8 Å². The van der Waals surface area contributed by atoms with Crippen LogP contribution < -0.4 is 21.1 Å². The van der Waals surface area contributed by atoms with Gasteiger partial charge in [-0.05, 0) is 69.2 Å². The number of carbonyl (C=O) groups is 2. The monoisotopic (exact) mass is 652 g/mol. The van der Waals surface area contributed by atoms with Gasteiger partial charge in [0.15, 0.2) is 5.84 Å². The van der Waals surface area contributed by atoms with Gasteiger partial charge in [0, 0.05) is 17.8 Å². The number of sulfonamides is 1. The fourth-order valence-corrected chi connectivity index (χ4v) is 6.61. The van der Waals surface area contributed by atoms with Gasteiger partial charge in [-0.15, -0.1) is 11.3 Å². The molecule has 0 aliphatic heterocycles. The van der Waals surface area contributed by atoms with Crippen LogP contribution in [0, 0.1) is 5.92 Å². The molecule has 14 heteroatoms. The van der Waals surface area contributed by atoms with E-state index < -0.39 is 39.6 Å². The number of amides is 2. The average molecular weight is 653 g/mol. The van der Waals surface area contributed by atoms with Gasteiger partial charge in [-0.25, -0.2) is 22.9 Å². The van der Waals surface area contributed by atoms with Crippen molar-refractivity contribution in [3.05, 3.63) is 88.9 Å². The standard InChI is InChI=1S/C31H36N6O6S2/c1-19(18-33-30(39)43-31(2,3)4)28(38)34-22-11-8-12-23(17-22)45(41,42)37-25(29-35-24-13-5-6-14-26(24)44-29)16-20-9-7-10-21(15-20)27(32)36-40/h5-15,17,19,25,37,40H,16,18H2,1-4H3,(H2,32,36)(H,33,39)(H,34,38). The largest absolute Gasteiger partial charge is 0.444 e. The fourth-order valence-electron chi connectivity index (χ4n) is 4.27. The van der Waals surface area contributed by atoms with Crippen LogP contribution in [-0.4, -0.2) is 48.6 Å². The van der Waals surface area contributed by atoms with E-state index in [4.69, 9.17) is 20.7 Å². The first kappa shape index (κ1) is 33.4. The van der Waals surface area contributed by atoms with E-state index in [0.29, 0.717) is 10.6 Å². The van der Waals surface area contributed by atoms with Crippen molar-refractivity contribution < 1.29 is 28.0 Å². The molecule has 0 bridgehead atoms. The lowest BCUT2D eigenvalue weighted by atomic mass is 10.0. The fraction of sp³-hybridized carbons (Fsp3) is 0.290. The Balaban J connectivity index is 1.54. The van der Waals surface area contributed by atoms with Crippen molar-refractivity contribution in [3.63, 3.8) is 0 Å². The van der Waals surface area contributed by atoms with Crippen molar-refractivity contribution in [2.75, 3.05) is 11.9 Å². The summed E-state index contributed by atoms with van der Waals surface area (Å²) in [5.74, 6) is -1.10. The van der Waals surface area contributed by atoms with E-state index in [0.717, 1.165) is 15.8 Å². The molecular weight excluding hydrogens is 617 g/mol. The van der Waals surface area contributed by atoms with Gasteiger partial charge < -0.3 is 26.3 Å². The molecular formula is C31H36N6O6S2. The second-order valence-corrected chi connectivity index (χ2v) is 14.2. The molecule has 0 aliphatic rings. The number of aromatic nitrogens is 1. The molecule has 0 fully saturated rings. The molecule has 1 heterocycles. The summed E-state index contributed by atoms with van der Waals surface area (Å²) in [5.41, 5.74) is 7.34. The number of oxime groups is 1. The van der Waals surface area contributed by atoms with E-state index in [1.54, 1.807) is 52.0 Å². The third-order valence-corrected chi connectivity index (χ3v) is 9.11. The lowest BCUT2D eigenvalue weighted by molar-refractivity contribution is -0.119. The summed E-state index contributed by atoms with van der Waals surface area (Å²) in [7, 11) is -4.11. The van der Waals surface area contributed by atoms with Gasteiger partial charge in [0.1, 0.15) is 10.6 Å². The van der Waals surface area contributed by atoms with Crippen LogP contribution in [0.1, 0.15) is 49.9 Å². The SMILES string of the molecule is CC(CNC(=O)OC(C)(C)C)C(=O)Nc1cccc(S(=O)(=O)NC(Cc2cccc(C(N)=NO)c2)c2nc3ccccc3s2)c1. The Morgan fingerprint density at radius 3 is 2.51 bits per heavy atom. The van der Waals surface area contributed by atoms with E-state index in [1.165, 1.54) is 29.5 Å². The van der Waals surface area contributed by atoms with Crippen molar-refractivity contribution in [3.8, 4) is 0 Å². The summed E-state index contributed by atoms with van der Waals surface area (Å²) in [6.45, 7) is 6.87. The van der Waals surface area contributed by atoms with Gasteiger partial charge in [0.25, 0.3) is 0 Å². The number of hydrogen-bond acceptors (Lipinski definition) is 9. The molecule has 1 aromatic heterocycles. The van der Waals surface area contributed by atoms with Crippen LogP contribution in [0.25, 0.3) is 10.2 Å². The van der Waals surface area contributed by atoms with Crippen molar-refractivity contribution >= 4 is 55.1 Å². The second kappa shape index (κ2) is 14.1. The van der Waals surface area contributed by atoms with Gasteiger partial charge in [-0.1, -0.05) is 48.5 Å². The maximum atomic E-state index is 13.7. The summed E-state index contributed by atoms with van der Waals surface area (Å²) < 4.78 is 36.3. The van der Waals surface area contributed by atoms with E-state index in [1.807, 2.05) is 30.3 Å². The Hall–Kier alpha value is -4.53. The first-order valence-corrected chi connectivity index (χ1v) is 16.4. The lowest BCUT2D eigenvalue weighted by Crippen LogP contribution is -2.37. The number of hydrogen-bond donors (Lipinski definition) is 5. The van der Waals surface area contributed by atoms with Gasteiger partial charge in [0.05, 0.1) is 27.1 Å². The molecule has 0 spiro atoms. The Morgan fingerprint density at radius 2 is 1.80 bits per heavy atom. The van der Waals surface area contributed by atoms with Gasteiger partial charge >= 0.3 is 6.09 Å². The molecule has 45 heavy (non-hydrogen) atoms. The highest BCUT2D eigenvalue weighted by molar-refractivity contribution is 7.89. The zero-order valence-electron chi connectivity index (χ0n) is 25.3. The van der Waals surface area contributed by atoms with Gasteiger partial charge in [-0.2, -0.15) is 0 Å². The lowest BCUT2D eigenvalue weighted by Gasteiger charge is -2.20. The van der Waals surface area contributed by atoms with E-state index >= 15 is 0 Å². The molecule has 4 aromatic rings. The Labute approximate surface area is 265 Å². The average Bonchev–Trinajstić information content (AvgIpc) is 3.43. The van der Waals surface area contributed by atoms with Crippen LogP contribution in [0.15, 0.2) is 82.8 Å². The number of ether oxygens (including phenoxy) is 1. The van der Waals surface area contributed by atoms with Crippen LogP contribution in [0.3, 0.4) is 0 Å². The highest BCUT2D eigenvalue weighted by atomic mass is 32.2. The molecule has 4 rings (SSSR count). The quantitative estimate of drug-likeness (QED) is 0.0665. The third-order valence-electron chi connectivity index (χ3n) is 6.49. The Morgan fingerprint density at radius 1 is 1.07 bits per heavy atom. The van der Waals surface area contributed by atoms with Crippen LogP contribution in [-0.2, 0) is 26.0 Å². The number of para-hydroxylation sites is 1. The zero-order valence-corrected chi connectivity index (χ0v) is 26.9. The molecule has 238 valence electrons. The summed E-state index contributed by atoms with van der Waals surface area (Å²) in [6, 6.07) is 19.6. The van der Waals surface area contributed by atoms with E-state index in [9.17, 15) is 18.0 Å². The first-order chi connectivity index (χ1) is 21.2. The number of alkyl carbamates (subject to hydrolysis) is 1. The molecule has 12 nitrogen and oxygen atoms in total. The summed E-state index contributed by atoms with van der Waals surface area (Å²) in [5, 5.41) is 18.0. The summed E-state index contributed by atoms with van der Waals surface area (Å²) in [6.07, 6.45) is -0.412. The van der Waals surface area contributed by atoms with Crippen molar-refractivity contribution in [2.45, 2.75) is 50.7 Å². The number of thiazole rings is 1. The molecule has 0 aliphatic carbocycles. The maximum absolute atomic E-state index is 13.7. The van der Waals surface area contributed by atoms with E-state index in [2.05, 4.69) is 20.5 Å². The number of anilines is 1. The molecule has 6 N–H and O–H groups in total. The van der Waals surface area contributed by atoms with Crippen LogP contribution >= 0.6 is 11.3 Å². The predicted octanol–water partition coefficient (Wildman–Crippen LogP) is 4.75. The van der Waals surface area contributed by atoms with Crippen LogP contribution in [0.5, 0.6) is 0 Å². The number of amidine groups is 1. The first-order valence-electron chi connectivity index (χ1n) is 14.1. The van der Waals surface area contributed by atoms with Crippen molar-refractivity contribution in [1.82, 2.24) is 15.0 Å². The zero-order chi connectivity index (χ0) is 32.8. The molecule has 2 amide bonds. The summed E-state index contributed by atoms with van der Waals surface area (Å²) in [4.78, 5) is 29.4. The summed E-state index contributed by atoms with van der Waals surface area (Å²) >= 11 is 1.38. The van der Waals surface area contributed by atoms with Crippen molar-refractivity contribution in [1.29, 1.82) is 0 Å². The number of nitrogens with zero attached hydrogens (tertiary/aromatic N) is 2. The number of rotatable bonds is 11. The highest BCUT2D eigenvalue weighted by Crippen LogP contribution is 2.30. The molecule has 2 unspecified atom stereocenters. The minimum absolute atomic E-state index is 0.0289. The Bertz CT molecular complexity index is 1780. The van der Waals surface area contributed by atoms with Gasteiger partial charge in [-0.3, -0.25) is 4.79 Å². The minimum Gasteiger partial charge on any atom is -0.444 e. The number of nitrogens with two attached hydrogens (primary N) is 1. The van der Waals surface area contributed by atoms with E-state index in [-0.39, 0.29) is 29.4 Å². The molecule has 2 atom stereocenters. The smallest absolute Gasteiger partial charge is 0.407 e. The van der Waals surface area contributed by atoms with Crippen LogP contribution in [0.2, 0.25) is 0 Å². The Kier molecular flexibility index (Phi) is 10.4.